The molecule has 0 spiro atoms. The molecule has 0 heterocycles. The van der Waals surface area contributed by atoms with E-state index in [4.69, 9.17) is 9.90 Å². The molecule has 0 aliphatic rings. The SMILES string of the molecule is C=O.CC(=O)c1c(C)cc(C)c(C(=O)/C=C\C(=O)O)c1C.Cc1ccccc1.Cc1ccccc1. The monoisotopic (exact) mass is 474 g/mol. The molecule has 5 heteroatoms. The number of rotatable bonds is 4. The number of allylic oxidation sites excluding steroid dienone is 1. The van der Waals surface area contributed by atoms with E-state index in [-0.39, 0.29) is 5.78 Å². The Morgan fingerprint density at radius 2 is 1.09 bits per heavy atom. The van der Waals surface area contributed by atoms with Gasteiger partial charge in [0.05, 0.1) is 0 Å². The van der Waals surface area contributed by atoms with E-state index in [0.29, 0.717) is 16.7 Å². The molecular formula is C30H34O5. The molecule has 3 aromatic rings. The van der Waals surface area contributed by atoms with Gasteiger partial charge in [-0.1, -0.05) is 77.9 Å². The molecule has 0 amide bonds. The topological polar surface area (TPSA) is 88.5 Å². The van der Waals surface area contributed by atoms with E-state index < -0.39 is 11.8 Å². The Morgan fingerprint density at radius 1 is 0.686 bits per heavy atom. The second-order valence-corrected chi connectivity index (χ2v) is 7.79. The zero-order chi connectivity index (χ0) is 27.0. The maximum absolute atomic E-state index is 12.0. The van der Waals surface area contributed by atoms with Crippen molar-refractivity contribution in [3.05, 3.63) is 118 Å². The van der Waals surface area contributed by atoms with Crippen molar-refractivity contribution in [3.63, 3.8) is 0 Å². The summed E-state index contributed by atoms with van der Waals surface area (Å²) in [5, 5.41) is 8.54. The van der Waals surface area contributed by atoms with Crippen LogP contribution in [0.1, 0.15) is 55.5 Å². The van der Waals surface area contributed by atoms with E-state index in [2.05, 4.69) is 38.1 Å². The lowest BCUT2D eigenvalue weighted by atomic mass is 9.89. The van der Waals surface area contributed by atoms with Gasteiger partial charge in [-0.2, -0.15) is 0 Å². The quantitative estimate of drug-likeness (QED) is 0.347. The normalized spacial score (nSPS) is 9.43. The Morgan fingerprint density at radius 3 is 1.40 bits per heavy atom. The number of carboxylic acid groups (broad SMARTS) is 1. The molecule has 0 bridgehead atoms. The molecule has 35 heavy (non-hydrogen) atoms. The maximum atomic E-state index is 12.0. The molecule has 0 fully saturated rings. The largest absolute Gasteiger partial charge is 0.478 e. The Labute approximate surface area is 208 Å². The van der Waals surface area contributed by atoms with Crippen LogP contribution >= 0.6 is 0 Å². The minimum atomic E-state index is -1.18. The average molecular weight is 475 g/mol. The molecule has 0 aliphatic heterocycles. The van der Waals surface area contributed by atoms with Gasteiger partial charge in [0.2, 0.25) is 0 Å². The molecule has 0 atom stereocenters. The smallest absolute Gasteiger partial charge is 0.328 e. The summed E-state index contributed by atoms with van der Waals surface area (Å²) in [4.78, 5) is 42.1. The number of ketones is 2. The second kappa shape index (κ2) is 16.5. The van der Waals surface area contributed by atoms with Crippen molar-refractivity contribution in [2.24, 2.45) is 0 Å². The second-order valence-electron chi connectivity index (χ2n) is 7.79. The molecule has 0 unspecified atom stereocenters. The van der Waals surface area contributed by atoms with Crippen LogP contribution in [-0.2, 0) is 9.59 Å². The molecule has 3 rings (SSSR count). The van der Waals surface area contributed by atoms with Gasteiger partial charge < -0.3 is 9.90 Å². The van der Waals surface area contributed by atoms with Gasteiger partial charge in [-0.25, -0.2) is 4.79 Å². The number of hydrogen-bond donors (Lipinski definition) is 1. The first-order valence-corrected chi connectivity index (χ1v) is 10.9. The number of aryl methyl sites for hydroxylation is 4. The minimum Gasteiger partial charge on any atom is -0.478 e. The van der Waals surface area contributed by atoms with Crippen molar-refractivity contribution in [2.75, 3.05) is 0 Å². The van der Waals surface area contributed by atoms with Gasteiger partial charge in [0, 0.05) is 17.2 Å². The summed E-state index contributed by atoms with van der Waals surface area (Å²) in [7, 11) is 0. The molecular weight excluding hydrogens is 440 g/mol. The van der Waals surface area contributed by atoms with Gasteiger partial charge >= 0.3 is 5.97 Å². The first kappa shape index (κ1) is 30.9. The third kappa shape index (κ3) is 11.5. The number of benzene rings is 3. The van der Waals surface area contributed by atoms with Gasteiger partial charge in [0.15, 0.2) is 11.6 Å². The first-order chi connectivity index (χ1) is 16.5. The van der Waals surface area contributed by atoms with Crippen molar-refractivity contribution < 1.29 is 24.3 Å². The molecule has 0 aromatic heterocycles. The average Bonchev–Trinajstić information content (AvgIpc) is 2.80. The van der Waals surface area contributed by atoms with E-state index in [0.717, 1.165) is 23.3 Å². The number of carbonyl (C=O) groups excluding carboxylic acids is 3. The van der Waals surface area contributed by atoms with Crippen molar-refractivity contribution in [2.45, 2.75) is 41.5 Å². The molecule has 0 radical (unpaired) electrons. The molecule has 3 aromatic carbocycles. The van der Waals surface area contributed by atoms with Crippen LogP contribution in [-0.4, -0.2) is 29.4 Å². The van der Waals surface area contributed by atoms with Crippen LogP contribution in [0.4, 0.5) is 0 Å². The van der Waals surface area contributed by atoms with E-state index >= 15 is 0 Å². The molecule has 0 saturated carbocycles. The van der Waals surface area contributed by atoms with Crippen molar-refractivity contribution in [1.82, 2.24) is 0 Å². The van der Waals surface area contributed by atoms with E-state index in [1.165, 1.54) is 18.1 Å². The third-order valence-electron chi connectivity index (χ3n) is 4.83. The lowest BCUT2D eigenvalue weighted by Gasteiger charge is -2.13. The Kier molecular flexibility index (Phi) is 14.5. The van der Waals surface area contributed by atoms with Gasteiger partial charge in [0.25, 0.3) is 0 Å². The van der Waals surface area contributed by atoms with Crippen LogP contribution in [0, 0.1) is 34.6 Å². The fourth-order valence-electron chi connectivity index (χ4n) is 3.41. The summed E-state index contributed by atoms with van der Waals surface area (Å²) >= 11 is 0. The lowest BCUT2D eigenvalue weighted by Crippen LogP contribution is -2.09. The summed E-state index contributed by atoms with van der Waals surface area (Å²) in [6.07, 6.45) is 1.81. The Bertz CT molecular complexity index is 1090. The van der Waals surface area contributed by atoms with Gasteiger partial charge in [-0.3, -0.25) is 9.59 Å². The van der Waals surface area contributed by atoms with Crippen LogP contribution in [0.5, 0.6) is 0 Å². The van der Waals surface area contributed by atoms with Gasteiger partial charge in [0.1, 0.15) is 6.79 Å². The fourth-order valence-corrected chi connectivity index (χ4v) is 3.41. The lowest BCUT2D eigenvalue weighted by molar-refractivity contribution is -0.131. The molecule has 184 valence electrons. The van der Waals surface area contributed by atoms with Crippen LogP contribution in [0.2, 0.25) is 0 Å². The summed E-state index contributed by atoms with van der Waals surface area (Å²) in [6.45, 7) is 12.9. The van der Waals surface area contributed by atoms with Crippen LogP contribution in [0.15, 0.2) is 78.9 Å². The predicted molar refractivity (Wildman–Crippen MR) is 141 cm³/mol. The highest BCUT2D eigenvalue weighted by atomic mass is 16.4. The molecule has 0 saturated heterocycles. The third-order valence-corrected chi connectivity index (χ3v) is 4.83. The summed E-state index contributed by atoms with van der Waals surface area (Å²) < 4.78 is 0. The summed E-state index contributed by atoms with van der Waals surface area (Å²) in [5.41, 5.74) is 5.72. The zero-order valence-electron chi connectivity index (χ0n) is 21.3. The van der Waals surface area contributed by atoms with E-state index in [1.54, 1.807) is 19.9 Å². The molecule has 5 nitrogen and oxygen atoms in total. The Balaban J connectivity index is 0.000000584. The fraction of sp³-hybridized carbons (Fsp3) is 0.200. The number of hydrogen-bond acceptors (Lipinski definition) is 4. The van der Waals surface area contributed by atoms with Crippen LogP contribution < -0.4 is 0 Å². The first-order valence-electron chi connectivity index (χ1n) is 10.9. The predicted octanol–water partition coefficient (Wildman–Crippen LogP) is 6.44. The van der Waals surface area contributed by atoms with Gasteiger partial charge in [-0.05, 0) is 64.3 Å². The minimum absolute atomic E-state index is 0.105. The van der Waals surface area contributed by atoms with E-state index in [9.17, 15) is 14.4 Å². The molecule has 0 aliphatic carbocycles. The standard InChI is InChI=1S/C15H16O4.2C7H8.CH2O/c1-8-7-9(2)15(10(3)14(8)11(4)16)12(17)5-6-13(18)19;2*1-7-5-3-2-4-6-7;1-2/h5-7H,1-4H3,(H,18,19);2*2-6H,1H3;1H2/b6-5-;;;. The van der Waals surface area contributed by atoms with E-state index in [1.807, 2.05) is 50.1 Å². The van der Waals surface area contributed by atoms with Crippen LogP contribution in [0.25, 0.3) is 0 Å². The highest BCUT2D eigenvalue weighted by molar-refractivity contribution is 6.11. The Hall–Kier alpha value is -4.12. The summed E-state index contributed by atoms with van der Waals surface area (Å²) in [5.74, 6) is -1.69. The number of carboxylic acids is 1. The van der Waals surface area contributed by atoms with Crippen LogP contribution in [0.3, 0.4) is 0 Å². The highest BCUT2D eigenvalue weighted by Gasteiger charge is 2.17. The molecule has 1 N–H and O–H groups in total. The van der Waals surface area contributed by atoms with Crippen molar-refractivity contribution in [3.8, 4) is 0 Å². The number of carbonyl (C=O) groups is 4. The van der Waals surface area contributed by atoms with Crippen molar-refractivity contribution in [1.29, 1.82) is 0 Å². The van der Waals surface area contributed by atoms with Crippen molar-refractivity contribution >= 4 is 24.3 Å². The number of aliphatic carboxylic acids is 1. The maximum Gasteiger partial charge on any atom is 0.328 e. The zero-order valence-corrected chi connectivity index (χ0v) is 21.3. The van der Waals surface area contributed by atoms with Gasteiger partial charge in [-0.15, -0.1) is 0 Å². The summed E-state index contributed by atoms with van der Waals surface area (Å²) in [6, 6.07) is 22.3. The number of Topliss-reactive ketones (excluding diaryl/α,β-unsaturated/α-hetero) is 1. The highest BCUT2D eigenvalue weighted by Crippen LogP contribution is 2.23.